The number of allylic oxidation sites excluding steroid dienone is 4. The smallest absolute Gasteiger partial charge is 0.100 e. The summed E-state index contributed by atoms with van der Waals surface area (Å²) in [6.07, 6.45) is 13.0. The molecule has 1 aliphatic carbocycles. The number of hydrogen-bond acceptors (Lipinski definition) is 3. The highest BCUT2D eigenvalue weighted by Crippen LogP contribution is 2.32. The molecule has 0 radical (unpaired) electrons. The van der Waals surface area contributed by atoms with Gasteiger partial charge in [0.05, 0.1) is 5.76 Å². The molecule has 0 aromatic carbocycles. The minimum Gasteiger partial charge on any atom is -0.496 e. The number of nitrogens with one attached hydrogen (secondary N) is 1. The third kappa shape index (κ3) is 4.66. The Kier molecular flexibility index (Phi) is 6.45. The van der Waals surface area contributed by atoms with Gasteiger partial charge in [0, 0.05) is 13.0 Å². The first-order chi connectivity index (χ1) is 9.42. The molecule has 1 atom stereocenters. The number of ether oxygens (including phenoxy) is 1. The molecule has 3 heteroatoms. The van der Waals surface area contributed by atoms with Crippen molar-refractivity contribution in [2.24, 2.45) is 11.7 Å². The lowest BCUT2D eigenvalue weighted by Gasteiger charge is -2.24. The third-order valence-electron chi connectivity index (χ3n) is 4.07. The van der Waals surface area contributed by atoms with Crippen LogP contribution in [0.4, 0.5) is 0 Å². The summed E-state index contributed by atoms with van der Waals surface area (Å²) in [4.78, 5) is 0. The molecule has 108 valence electrons. The van der Waals surface area contributed by atoms with Gasteiger partial charge in [-0.15, -0.1) is 0 Å². The number of nitrogens with two attached hydrogens (primary N) is 1. The lowest BCUT2D eigenvalue weighted by Crippen LogP contribution is -2.20. The van der Waals surface area contributed by atoms with E-state index in [1.54, 1.807) is 0 Å². The van der Waals surface area contributed by atoms with Crippen molar-refractivity contribution in [3.63, 3.8) is 0 Å². The Morgan fingerprint density at radius 2 is 2.26 bits per heavy atom. The molecule has 2 rings (SSSR count). The van der Waals surface area contributed by atoms with Crippen molar-refractivity contribution in [3.8, 4) is 0 Å². The minimum absolute atomic E-state index is 0.646. The second kappa shape index (κ2) is 8.39. The maximum absolute atomic E-state index is 6.02. The van der Waals surface area contributed by atoms with E-state index in [2.05, 4.69) is 17.5 Å². The quantitative estimate of drug-likeness (QED) is 0.824. The van der Waals surface area contributed by atoms with Crippen LogP contribution in [0.5, 0.6) is 0 Å². The van der Waals surface area contributed by atoms with E-state index in [0.29, 0.717) is 5.92 Å². The van der Waals surface area contributed by atoms with E-state index in [1.807, 2.05) is 0 Å². The molecule has 0 spiro atoms. The van der Waals surface area contributed by atoms with E-state index >= 15 is 0 Å². The molecular weight excluding hydrogens is 236 g/mol. The molecule has 0 amide bonds. The van der Waals surface area contributed by atoms with Crippen LogP contribution in [0.15, 0.2) is 23.5 Å². The Balaban J connectivity index is 2.09. The molecule has 1 unspecified atom stereocenters. The van der Waals surface area contributed by atoms with Crippen LogP contribution in [-0.4, -0.2) is 26.2 Å². The van der Waals surface area contributed by atoms with Gasteiger partial charge in [-0.05, 0) is 56.7 Å². The summed E-state index contributed by atoms with van der Waals surface area (Å²) in [5, 5.41) is 3.45. The van der Waals surface area contributed by atoms with Crippen LogP contribution in [0, 0.1) is 5.92 Å². The SMILES string of the molecule is NCCCC1CCCCNCCOC2=C1C=CCC2. The number of rotatable bonds is 3. The highest BCUT2D eigenvalue weighted by molar-refractivity contribution is 5.29. The molecule has 0 aromatic rings. The second-order valence-electron chi connectivity index (χ2n) is 5.54. The van der Waals surface area contributed by atoms with E-state index < -0.39 is 0 Å². The van der Waals surface area contributed by atoms with E-state index in [1.165, 1.54) is 37.0 Å². The summed E-state index contributed by atoms with van der Waals surface area (Å²) >= 11 is 0. The first-order valence-corrected chi connectivity index (χ1v) is 7.85. The highest BCUT2D eigenvalue weighted by Gasteiger charge is 2.19. The fraction of sp³-hybridized carbons (Fsp3) is 0.750. The third-order valence-corrected chi connectivity index (χ3v) is 4.07. The Morgan fingerprint density at radius 1 is 1.32 bits per heavy atom. The van der Waals surface area contributed by atoms with E-state index in [9.17, 15) is 0 Å². The summed E-state index contributed by atoms with van der Waals surface area (Å²) in [6.45, 7) is 3.68. The van der Waals surface area contributed by atoms with Crippen molar-refractivity contribution in [2.45, 2.75) is 44.9 Å². The highest BCUT2D eigenvalue weighted by atomic mass is 16.5. The average molecular weight is 264 g/mol. The maximum atomic E-state index is 6.02. The van der Waals surface area contributed by atoms with Gasteiger partial charge in [-0.3, -0.25) is 0 Å². The normalized spacial score (nSPS) is 25.4. The molecule has 0 bridgehead atoms. The van der Waals surface area contributed by atoms with Crippen molar-refractivity contribution in [1.82, 2.24) is 5.32 Å². The summed E-state index contributed by atoms with van der Waals surface area (Å²) in [6, 6.07) is 0. The Labute approximate surface area is 117 Å². The average Bonchev–Trinajstić information content (AvgIpc) is 2.49. The Bertz CT molecular complexity index is 323. The van der Waals surface area contributed by atoms with Gasteiger partial charge in [0.15, 0.2) is 0 Å². The predicted molar refractivity (Wildman–Crippen MR) is 79.9 cm³/mol. The molecule has 0 fully saturated rings. The van der Waals surface area contributed by atoms with Gasteiger partial charge in [-0.25, -0.2) is 0 Å². The lowest BCUT2D eigenvalue weighted by atomic mass is 9.85. The molecular formula is C16H28N2O. The summed E-state index contributed by atoms with van der Waals surface area (Å²) in [5.41, 5.74) is 7.15. The zero-order valence-electron chi connectivity index (χ0n) is 12.0. The lowest BCUT2D eigenvalue weighted by molar-refractivity contribution is 0.196. The van der Waals surface area contributed by atoms with E-state index in [-0.39, 0.29) is 0 Å². The second-order valence-corrected chi connectivity index (χ2v) is 5.54. The standard InChI is InChI=1S/C16H28N2O/c17-10-5-7-14-6-3-4-11-18-12-13-19-16-9-2-1-8-15(14)16/h1,8,14,18H,2-7,9-13,17H2. The molecule has 3 nitrogen and oxygen atoms in total. The van der Waals surface area contributed by atoms with Crippen LogP contribution in [0.2, 0.25) is 0 Å². The molecule has 19 heavy (non-hydrogen) atoms. The van der Waals surface area contributed by atoms with Crippen LogP contribution in [0.25, 0.3) is 0 Å². The minimum atomic E-state index is 0.646. The van der Waals surface area contributed by atoms with Crippen LogP contribution < -0.4 is 11.1 Å². The molecule has 2 aliphatic rings. The monoisotopic (exact) mass is 264 g/mol. The Morgan fingerprint density at radius 3 is 3.16 bits per heavy atom. The fourth-order valence-electron chi connectivity index (χ4n) is 3.01. The first kappa shape index (κ1) is 14.6. The molecule has 0 aromatic heterocycles. The van der Waals surface area contributed by atoms with Gasteiger partial charge in [-0.1, -0.05) is 18.6 Å². The summed E-state index contributed by atoms with van der Waals surface area (Å²) in [5.74, 6) is 1.89. The topological polar surface area (TPSA) is 47.3 Å². The van der Waals surface area contributed by atoms with Gasteiger partial charge >= 0.3 is 0 Å². The van der Waals surface area contributed by atoms with Crippen molar-refractivity contribution in [3.05, 3.63) is 23.5 Å². The van der Waals surface area contributed by atoms with Gasteiger partial charge in [0.2, 0.25) is 0 Å². The van der Waals surface area contributed by atoms with Gasteiger partial charge < -0.3 is 15.8 Å². The fourth-order valence-corrected chi connectivity index (χ4v) is 3.01. The van der Waals surface area contributed by atoms with E-state index in [0.717, 1.165) is 45.5 Å². The van der Waals surface area contributed by atoms with Crippen LogP contribution >= 0.6 is 0 Å². The maximum Gasteiger partial charge on any atom is 0.100 e. The molecule has 1 heterocycles. The number of hydrogen-bond donors (Lipinski definition) is 2. The summed E-state index contributed by atoms with van der Waals surface area (Å²) < 4.78 is 6.02. The van der Waals surface area contributed by atoms with Crippen molar-refractivity contribution >= 4 is 0 Å². The van der Waals surface area contributed by atoms with Crippen LogP contribution in [-0.2, 0) is 4.74 Å². The molecule has 0 saturated heterocycles. The van der Waals surface area contributed by atoms with Crippen molar-refractivity contribution in [2.75, 3.05) is 26.2 Å². The van der Waals surface area contributed by atoms with Crippen LogP contribution in [0.3, 0.4) is 0 Å². The van der Waals surface area contributed by atoms with Gasteiger partial charge in [0.25, 0.3) is 0 Å². The zero-order chi connectivity index (χ0) is 13.3. The largest absolute Gasteiger partial charge is 0.496 e. The predicted octanol–water partition coefficient (Wildman–Crippen LogP) is 2.74. The first-order valence-electron chi connectivity index (χ1n) is 7.85. The Hall–Kier alpha value is -0.800. The van der Waals surface area contributed by atoms with Gasteiger partial charge in [0.1, 0.15) is 6.61 Å². The molecule has 3 N–H and O–H groups in total. The van der Waals surface area contributed by atoms with Crippen molar-refractivity contribution < 1.29 is 4.74 Å². The zero-order valence-corrected chi connectivity index (χ0v) is 12.0. The van der Waals surface area contributed by atoms with Crippen molar-refractivity contribution in [1.29, 1.82) is 0 Å². The molecule has 0 saturated carbocycles. The molecule has 1 aliphatic heterocycles. The van der Waals surface area contributed by atoms with E-state index in [4.69, 9.17) is 10.5 Å². The van der Waals surface area contributed by atoms with Crippen LogP contribution in [0.1, 0.15) is 44.9 Å². The van der Waals surface area contributed by atoms with Gasteiger partial charge in [-0.2, -0.15) is 0 Å². The summed E-state index contributed by atoms with van der Waals surface area (Å²) in [7, 11) is 0.